The van der Waals surface area contributed by atoms with Crippen LogP contribution in [0, 0.1) is 0 Å². The highest BCUT2D eigenvalue weighted by Crippen LogP contribution is 2.24. The number of pyridine rings is 1. The number of halogens is 1. The summed E-state index contributed by atoms with van der Waals surface area (Å²) in [6.45, 7) is 2.76. The van der Waals surface area contributed by atoms with Crippen molar-refractivity contribution in [3.05, 3.63) is 52.7 Å². The summed E-state index contributed by atoms with van der Waals surface area (Å²) < 4.78 is 30.6. The monoisotopic (exact) mass is 397 g/mol. The third kappa shape index (κ3) is 5.89. The maximum Gasteiger partial charge on any atom is 0.251 e. The largest absolute Gasteiger partial charge is 0.477 e. The van der Waals surface area contributed by atoms with Crippen LogP contribution in [-0.4, -0.2) is 32.2 Å². The molecule has 7 nitrogen and oxygen atoms in total. The second-order valence-corrected chi connectivity index (χ2v) is 7.72. The molecule has 0 spiro atoms. The maximum absolute atomic E-state index is 12.4. The Morgan fingerprint density at radius 2 is 2.08 bits per heavy atom. The Kier molecular flexibility index (Phi) is 6.82. The van der Waals surface area contributed by atoms with Gasteiger partial charge in [0.2, 0.25) is 15.9 Å². The summed E-state index contributed by atoms with van der Waals surface area (Å²) in [6, 6.07) is 7.94. The molecule has 2 N–H and O–H groups in total. The average Bonchev–Trinajstić information content (AvgIpc) is 2.59. The van der Waals surface area contributed by atoms with Gasteiger partial charge in [-0.25, -0.2) is 13.4 Å². The van der Waals surface area contributed by atoms with Gasteiger partial charge in [0.25, 0.3) is 5.91 Å². The number of benzene rings is 1. The minimum atomic E-state index is -3.50. The minimum absolute atomic E-state index is 0.148. The molecule has 1 aromatic carbocycles. The molecule has 0 bridgehead atoms. The van der Waals surface area contributed by atoms with Crippen LogP contribution in [0.4, 0.5) is 5.69 Å². The van der Waals surface area contributed by atoms with E-state index in [1.165, 1.54) is 18.2 Å². The first-order valence-corrected chi connectivity index (χ1v) is 10.2. The Morgan fingerprint density at radius 1 is 1.31 bits per heavy atom. The van der Waals surface area contributed by atoms with E-state index in [-0.39, 0.29) is 28.7 Å². The highest BCUT2D eigenvalue weighted by atomic mass is 35.5. The van der Waals surface area contributed by atoms with Gasteiger partial charge in [-0.05, 0) is 30.7 Å². The summed E-state index contributed by atoms with van der Waals surface area (Å²) in [5.41, 5.74) is 1.17. The van der Waals surface area contributed by atoms with Crippen LogP contribution < -0.4 is 14.8 Å². The van der Waals surface area contributed by atoms with E-state index in [0.29, 0.717) is 12.5 Å². The molecule has 1 aromatic heterocycles. The predicted molar refractivity (Wildman–Crippen MR) is 101 cm³/mol. The van der Waals surface area contributed by atoms with E-state index in [9.17, 15) is 13.2 Å². The molecule has 0 saturated heterocycles. The zero-order chi connectivity index (χ0) is 19.2. The van der Waals surface area contributed by atoms with E-state index in [0.717, 1.165) is 18.2 Å². The lowest BCUT2D eigenvalue weighted by Crippen LogP contribution is -2.23. The van der Waals surface area contributed by atoms with Crippen molar-refractivity contribution in [2.24, 2.45) is 0 Å². The normalized spacial score (nSPS) is 11.0. The van der Waals surface area contributed by atoms with E-state index in [1.54, 1.807) is 12.3 Å². The second kappa shape index (κ2) is 8.86. The first-order valence-electron chi connectivity index (χ1n) is 7.92. The lowest BCUT2D eigenvalue weighted by Gasteiger charge is -2.12. The number of amides is 1. The molecule has 0 aliphatic carbocycles. The SMILES string of the molecule is CCCOc1ncccc1CNC(=O)c1ccc(Cl)c(NS(C)(=O)=O)c1. The number of nitrogens with zero attached hydrogens (tertiary/aromatic N) is 1. The smallest absolute Gasteiger partial charge is 0.251 e. The van der Waals surface area contributed by atoms with Crippen molar-refractivity contribution in [3.8, 4) is 5.88 Å². The number of anilines is 1. The number of nitrogens with one attached hydrogen (secondary N) is 2. The van der Waals surface area contributed by atoms with E-state index in [2.05, 4.69) is 15.0 Å². The third-order valence-electron chi connectivity index (χ3n) is 3.26. The molecule has 9 heteroatoms. The molecule has 26 heavy (non-hydrogen) atoms. The van der Waals surface area contributed by atoms with Gasteiger partial charge in [-0.3, -0.25) is 9.52 Å². The van der Waals surface area contributed by atoms with Gasteiger partial charge < -0.3 is 10.1 Å². The molecule has 0 atom stereocenters. The zero-order valence-corrected chi connectivity index (χ0v) is 16.0. The van der Waals surface area contributed by atoms with Crippen LogP contribution >= 0.6 is 11.6 Å². The number of rotatable bonds is 8. The fraction of sp³-hybridized carbons (Fsp3) is 0.294. The molecule has 2 rings (SSSR count). The summed E-state index contributed by atoms with van der Waals surface area (Å²) in [5.74, 6) is 0.105. The first kappa shape index (κ1) is 20.0. The fourth-order valence-corrected chi connectivity index (χ4v) is 2.90. The van der Waals surface area contributed by atoms with E-state index < -0.39 is 10.0 Å². The molecular formula is C17H20ClN3O4S. The molecule has 0 saturated carbocycles. The molecule has 1 heterocycles. The molecule has 0 aliphatic heterocycles. The topological polar surface area (TPSA) is 97.4 Å². The molecule has 0 radical (unpaired) electrons. The number of aromatic nitrogens is 1. The van der Waals surface area contributed by atoms with Gasteiger partial charge in [-0.2, -0.15) is 0 Å². The van der Waals surface area contributed by atoms with E-state index >= 15 is 0 Å². The van der Waals surface area contributed by atoms with Crippen molar-refractivity contribution in [2.45, 2.75) is 19.9 Å². The highest BCUT2D eigenvalue weighted by Gasteiger charge is 2.13. The summed E-state index contributed by atoms with van der Waals surface area (Å²) >= 11 is 5.97. The molecular weight excluding hydrogens is 378 g/mol. The quantitative estimate of drug-likeness (QED) is 0.713. The Hall–Kier alpha value is -2.32. The minimum Gasteiger partial charge on any atom is -0.477 e. The summed E-state index contributed by atoms with van der Waals surface area (Å²) in [7, 11) is -3.50. The molecule has 2 aromatic rings. The van der Waals surface area contributed by atoms with Crippen LogP contribution in [0.25, 0.3) is 0 Å². The molecule has 140 valence electrons. The van der Waals surface area contributed by atoms with E-state index in [4.69, 9.17) is 16.3 Å². The Balaban J connectivity index is 2.10. The Morgan fingerprint density at radius 3 is 2.77 bits per heavy atom. The lowest BCUT2D eigenvalue weighted by atomic mass is 10.2. The van der Waals surface area contributed by atoms with Crippen molar-refractivity contribution in [3.63, 3.8) is 0 Å². The zero-order valence-electron chi connectivity index (χ0n) is 14.5. The highest BCUT2D eigenvalue weighted by molar-refractivity contribution is 7.92. The molecule has 0 fully saturated rings. The van der Waals surface area contributed by atoms with Gasteiger partial charge in [0.15, 0.2) is 0 Å². The van der Waals surface area contributed by atoms with Crippen molar-refractivity contribution in [1.29, 1.82) is 0 Å². The third-order valence-corrected chi connectivity index (χ3v) is 4.18. The van der Waals surface area contributed by atoms with Crippen molar-refractivity contribution < 1.29 is 17.9 Å². The Labute approximate surface area is 157 Å². The van der Waals surface area contributed by atoms with Crippen molar-refractivity contribution in [2.75, 3.05) is 17.6 Å². The number of hydrogen-bond acceptors (Lipinski definition) is 5. The number of carbonyl (C=O) groups excluding carboxylic acids is 1. The van der Waals surface area contributed by atoms with Gasteiger partial charge in [0.05, 0.1) is 23.6 Å². The van der Waals surface area contributed by atoms with Crippen LogP contribution in [0.15, 0.2) is 36.5 Å². The Bertz CT molecular complexity index is 887. The van der Waals surface area contributed by atoms with Crippen LogP contribution in [0.2, 0.25) is 5.02 Å². The molecule has 0 unspecified atom stereocenters. The van der Waals surface area contributed by atoms with Crippen LogP contribution in [0.5, 0.6) is 5.88 Å². The first-order chi connectivity index (χ1) is 12.3. The number of hydrogen-bond donors (Lipinski definition) is 2. The van der Waals surface area contributed by atoms with Gasteiger partial charge in [0, 0.05) is 23.9 Å². The summed E-state index contributed by atoms with van der Waals surface area (Å²) in [6.07, 6.45) is 3.48. The van der Waals surface area contributed by atoms with Crippen LogP contribution in [0.1, 0.15) is 29.3 Å². The fourth-order valence-electron chi connectivity index (χ4n) is 2.11. The number of sulfonamides is 1. The molecule has 1 amide bonds. The standard InChI is InChI=1S/C17H20ClN3O4S/c1-3-9-25-17-13(5-4-8-19-17)11-20-16(22)12-6-7-14(18)15(10-12)21-26(2,23)24/h4-8,10,21H,3,9,11H2,1-2H3,(H,20,22). The number of carbonyl (C=O) groups is 1. The van der Waals surface area contributed by atoms with Crippen LogP contribution in [-0.2, 0) is 16.6 Å². The number of ether oxygens (including phenoxy) is 1. The van der Waals surface area contributed by atoms with Crippen molar-refractivity contribution in [1.82, 2.24) is 10.3 Å². The second-order valence-electron chi connectivity index (χ2n) is 5.57. The van der Waals surface area contributed by atoms with Gasteiger partial charge in [0.1, 0.15) is 0 Å². The van der Waals surface area contributed by atoms with E-state index in [1.807, 2.05) is 13.0 Å². The predicted octanol–water partition coefficient (Wildman–Crippen LogP) is 2.83. The van der Waals surface area contributed by atoms with Gasteiger partial charge >= 0.3 is 0 Å². The maximum atomic E-state index is 12.4. The van der Waals surface area contributed by atoms with Crippen molar-refractivity contribution >= 4 is 33.2 Å². The van der Waals surface area contributed by atoms with Crippen LogP contribution in [0.3, 0.4) is 0 Å². The summed E-state index contributed by atoms with van der Waals surface area (Å²) in [5, 5.41) is 2.97. The van der Waals surface area contributed by atoms with Gasteiger partial charge in [-0.15, -0.1) is 0 Å². The lowest BCUT2D eigenvalue weighted by molar-refractivity contribution is 0.0950. The van der Waals surface area contributed by atoms with Gasteiger partial charge in [-0.1, -0.05) is 24.6 Å². The average molecular weight is 398 g/mol. The summed E-state index contributed by atoms with van der Waals surface area (Å²) in [4.78, 5) is 16.5. The molecule has 0 aliphatic rings.